The summed E-state index contributed by atoms with van der Waals surface area (Å²) in [6.07, 6.45) is 8.10. The van der Waals surface area contributed by atoms with Crippen molar-refractivity contribution in [1.29, 1.82) is 0 Å². The quantitative estimate of drug-likeness (QED) is 0.330. The Hall–Kier alpha value is -0.940. The predicted octanol–water partition coefficient (Wildman–Crippen LogP) is 3.37. The van der Waals surface area contributed by atoms with Gasteiger partial charge in [-0.2, -0.15) is 11.8 Å². The average molecular weight is 576 g/mol. The second-order valence-electron chi connectivity index (χ2n) is 8.81. The first kappa shape index (κ1) is 25.7. The van der Waals surface area contributed by atoms with Crippen LogP contribution in [-0.4, -0.2) is 96.0 Å². The van der Waals surface area contributed by atoms with Gasteiger partial charge in [-0.15, -0.1) is 24.0 Å². The van der Waals surface area contributed by atoms with Gasteiger partial charge in [0.15, 0.2) is 11.7 Å². The topological polar surface area (TPSA) is 64.3 Å². The van der Waals surface area contributed by atoms with Crippen LogP contribution in [0, 0.1) is 0 Å². The van der Waals surface area contributed by atoms with Crippen molar-refractivity contribution in [3.8, 4) is 0 Å². The first-order valence-electron chi connectivity index (χ1n) is 11.9. The molecule has 0 spiro atoms. The third-order valence-corrected chi connectivity index (χ3v) is 7.87. The van der Waals surface area contributed by atoms with Gasteiger partial charge in [0.1, 0.15) is 0 Å². The number of piperazine rings is 1. The Morgan fingerprint density at radius 1 is 1.09 bits per heavy atom. The molecule has 0 aromatic carbocycles. The van der Waals surface area contributed by atoms with Gasteiger partial charge in [-0.05, 0) is 31.9 Å². The third-order valence-electron chi connectivity index (χ3n) is 6.92. The van der Waals surface area contributed by atoms with Crippen molar-refractivity contribution in [2.45, 2.75) is 44.6 Å². The highest BCUT2D eigenvalue weighted by molar-refractivity contribution is 14.0. The van der Waals surface area contributed by atoms with E-state index in [-0.39, 0.29) is 35.4 Å². The van der Waals surface area contributed by atoms with E-state index in [4.69, 9.17) is 9.41 Å². The molecular weight excluding hydrogens is 537 g/mol. The lowest BCUT2D eigenvalue weighted by Gasteiger charge is -2.47. The minimum Gasteiger partial charge on any atom is -0.459 e. The maximum atomic E-state index is 12.6. The molecule has 4 rings (SSSR count). The lowest BCUT2D eigenvalue weighted by molar-refractivity contribution is 0.0644. The average Bonchev–Trinajstić information content (AvgIpc) is 3.38. The SMILES string of the molecule is CCNC(=NCC1(N2CCSCC2)CCCCC1)N1CCN(C(=O)c2ccco2)CC1.I. The van der Waals surface area contributed by atoms with Crippen LogP contribution in [0.5, 0.6) is 0 Å². The normalized spacial score (nSPS) is 22.3. The number of furan rings is 1. The van der Waals surface area contributed by atoms with Crippen molar-refractivity contribution < 1.29 is 9.21 Å². The number of carbonyl (C=O) groups is 1. The second kappa shape index (κ2) is 12.5. The monoisotopic (exact) mass is 575 g/mol. The minimum absolute atomic E-state index is 0. The summed E-state index contributed by atoms with van der Waals surface area (Å²) in [6, 6.07) is 3.50. The molecule has 1 saturated carbocycles. The molecule has 7 nitrogen and oxygen atoms in total. The lowest BCUT2D eigenvalue weighted by Crippen LogP contribution is -2.57. The van der Waals surface area contributed by atoms with Crippen molar-refractivity contribution in [3.63, 3.8) is 0 Å². The number of nitrogens with one attached hydrogen (secondary N) is 1. The number of hydrogen-bond donors (Lipinski definition) is 1. The Bertz CT molecular complexity index is 725. The van der Waals surface area contributed by atoms with E-state index in [2.05, 4.69) is 33.8 Å². The highest BCUT2D eigenvalue weighted by Crippen LogP contribution is 2.35. The Labute approximate surface area is 213 Å². The zero-order chi connectivity index (χ0) is 21.5. The first-order chi connectivity index (χ1) is 15.2. The van der Waals surface area contributed by atoms with Crippen molar-refractivity contribution >= 4 is 47.6 Å². The van der Waals surface area contributed by atoms with Crippen LogP contribution in [0.2, 0.25) is 0 Å². The van der Waals surface area contributed by atoms with Gasteiger partial charge in [-0.3, -0.25) is 14.7 Å². The Kier molecular flexibility index (Phi) is 10.0. The Balaban J connectivity index is 0.00000289. The minimum atomic E-state index is -0.0179. The molecular formula is C23H38IN5O2S. The summed E-state index contributed by atoms with van der Waals surface area (Å²) < 4.78 is 5.29. The molecule has 180 valence electrons. The van der Waals surface area contributed by atoms with Gasteiger partial charge in [0.05, 0.1) is 12.8 Å². The van der Waals surface area contributed by atoms with Gasteiger partial charge in [-0.1, -0.05) is 19.3 Å². The molecule has 1 N–H and O–H groups in total. The molecule has 3 aliphatic rings. The van der Waals surface area contributed by atoms with Gasteiger partial charge < -0.3 is 19.5 Å². The van der Waals surface area contributed by atoms with Crippen LogP contribution in [0.25, 0.3) is 0 Å². The van der Waals surface area contributed by atoms with E-state index >= 15 is 0 Å². The number of carbonyl (C=O) groups excluding carboxylic acids is 1. The fraction of sp³-hybridized carbons (Fsp3) is 0.739. The largest absolute Gasteiger partial charge is 0.459 e. The standard InChI is InChI=1S/C23H37N5O2S.HI/c1-2-24-22(27-12-10-26(11-13-27)21(29)20-7-6-16-30-20)25-19-23(8-4-3-5-9-23)28-14-17-31-18-15-28;/h6-7,16H,2-5,8-15,17-19H2,1H3,(H,24,25);1H. The summed E-state index contributed by atoms with van der Waals surface area (Å²) in [5.74, 6) is 3.90. The molecule has 2 saturated heterocycles. The number of halogens is 1. The predicted molar refractivity (Wildman–Crippen MR) is 142 cm³/mol. The van der Waals surface area contributed by atoms with Gasteiger partial charge in [-0.25, -0.2) is 0 Å². The van der Waals surface area contributed by atoms with E-state index in [0.717, 1.165) is 32.1 Å². The van der Waals surface area contributed by atoms with Crippen LogP contribution < -0.4 is 5.32 Å². The van der Waals surface area contributed by atoms with Crippen LogP contribution >= 0.6 is 35.7 Å². The molecule has 1 amide bonds. The number of thioether (sulfide) groups is 1. The molecule has 1 aromatic heterocycles. The van der Waals surface area contributed by atoms with E-state index in [1.807, 2.05) is 4.90 Å². The van der Waals surface area contributed by atoms with Crippen LogP contribution in [0.1, 0.15) is 49.6 Å². The van der Waals surface area contributed by atoms with Gasteiger partial charge in [0.2, 0.25) is 0 Å². The third kappa shape index (κ3) is 6.14. The summed E-state index contributed by atoms with van der Waals surface area (Å²) in [5, 5.41) is 3.52. The zero-order valence-electron chi connectivity index (χ0n) is 19.3. The smallest absolute Gasteiger partial charge is 0.289 e. The molecule has 1 aromatic rings. The number of guanidine groups is 1. The molecule has 32 heavy (non-hydrogen) atoms. The van der Waals surface area contributed by atoms with E-state index in [1.165, 1.54) is 56.7 Å². The summed E-state index contributed by atoms with van der Waals surface area (Å²) in [7, 11) is 0. The maximum absolute atomic E-state index is 12.6. The van der Waals surface area contributed by atoms with Crippen LogP contribution in [-0.2, 0) is 0 Å². The highest BCUT2D eigenvalue weighted by atomic mass is 127. The fourth-order valence-corrected chi connectivity index (χ4v) is 6.05. The lowest BCUT2D eigenvalue weighted by atomic mass is 9.80. The summed E-state index contributed by atoms with van der Waals surface area (Å²) in [4.78, 5) is 24.7. The molecule has 3 fully saturated rings. The molecule has 1 aliphatic carbocycles. The molecule has 9 heteroatoms. The van der Waals surface area contributed by atoms with Crippen molar-refractivity contribution in [1.82, 2.24) is 20.0 Å². The maximum Gasteiger partial charge on any atom is 0.289 e. The van der Waals surface area contributed by atoms with E-state index in [1.54, 1.807) is 18.4 Å². The molecule has 0 bridgehead atoms. The van der Waals surface area contributed by atoms with Crippen LogP contribution in [0.4, 0.5) is 0 Å². The second-order valence-corrected chi connectivity index (χ2v) is 10.0. The van der Waals surface area contributed by atoms with Crippen LogP contribution in [0.15, 0.2) is 27.8 Å². The van der Waals surface area contributed by atoms with Gasteiger partial charge >= 0.3 is 0 Å². The summed E-state index contributed by atoms with van der Waals surface area (Å²) in [6.45, 7) is 9.25. The molecule has 0 unspecified atom stereocenters. The number of amides is 1. The Morgan fingerprint density at radius 2 is 1.78 bits per heavy atom. The van der Waals surface area contributed by atoms with Crippen LogP contribution in [0.3, 0.4) is 0 Å². The Morgan fingerprint density at radius 3 is 2.41 bits per heavy atom. The number of rotatable bonds is 5. The van der Waals surface area contributed by atoms with Crippen molar-refractivity contribution in [2.75, 3.05) is 63.9 Å². The molecule has 0 radical (unpaired) electrons. The van der Waals surface area contributed by atoms with E-state index in [0.29, 0.717) is 18.8 Å². The molecule has 3 heterocycles. The number of nitrogens with zero attached hydrogens (tertiary/aromatic N) is 4. The van der Waals surface area contributed by atoms with Gasteiger partial charge in [0, 0.05) is 62.9 Å². The van der Waals surface area contributed by atoms with E-state index in [9.17, 15) is 4.79 Å². The van der Waals surface area contributed by atoms with Crippen molar-refractivity contribution in [3.05, 3.63) is 24.2 Å². The zero-order valence-corrected chi connectivity index (χ0v) is 22.4. The number of aliphatic imine (C=N–C) groups is 1. The fourth-order valence-electron chi connectivity index (χ4n) is 5.15. The highest BCUT2D eigenvalue weighted by Gasteiger charge is 2.38. The van der Waals surface area contributed by atoms with E-state index < -0.39 is 0 Å². The first-order valence-corrected chi connectivity index (χ1v) is 13.1. The van der Waals surface area contributed by atoms with Crippen molar-refractivity contribution in [2.24, 2.45) is 4.99 Å². The van der Waals surface area contributed by atoms with Gasteiger partial charge in [0.25, 0.3) is 5.91 Å². The number of hydrogen-bond acceptors (Lipinski definition) is 5. The molecule has 0 atom stereocenters. The molecule has 2 aliphatic heterocycles. The summed E-state index contributed by atoms with van der Waals surface area (Å²) >= 11 is 2.08. The summed E-state index contributed by atoms with van der Waals surface area (Å²) in [5.41, 5.74) is 0.233.